The molecule has 0 saturated heterocycles. The number of hydrogen-bond acceptors (Lipinski definition) is 6. The van der Waals surface area contributed by atoms with E-state index in [1.165, 1.54) is 11.1 Å². The highest BCUT2D eigenvalue weighted by molar-refractivity contribution is 5.93. The Morgan fingerprint density at radius 2 is 1.53 bits per heavy atom. The number of ether oxygens (including phenoxy) is 2. The fraction of sp³-hybridized carbons (Fsp3) is 0.231. The standard InChI is InChI=1S/C26H28N4O2/c1-4-14-27-25(18-8-6-5-7-9-18)19-10-12-20(13-11-19)30-26-21-15-23(31-2)24(32-3)16-22(21)28-17-29-26/h5-13,15-17,25,27H,4,14H2,1-3H3,(H,28,29,30)/t25-/m0/s1. The fourth-order valence-corrected chi connectivity index (χ4v) is 3.74. The lowest BCUT2D eigenvalue weighted by Gasteiger charge is -2.20. The van der Waals surface area contributed by atoms with Crippen LogP contribution in [0, 0.1) is 0 Å². The normalized spacial score (nSPS) is 11.8. The first kappa shape index (κ1) is 21.6. The molecule has 0 bridgehead atoms. The van der Waals surface area contributed by atoms with Crippen LogP contribution in [0.15, 0.2) is 73.1 Å². The zero-order valence-electron chi connectivity index (χ0n) is 18.6. The zero-order chi connectivity index (χ0) is 22.3. The number of benzene rings is 3. The molecular formula is C26H28N4O2. The van der Waals surface area contributed by atoms with Crippen molar-refractivity contribution in [3.05, 3.63) is 84.2 Å². The van der Waals surface area contributed by atoms with Crippen molar-refractivity contribution < 1.29 is 9.47 Å². The summed E-state index contributed by atoms with van der Waals surface area (Å²) in [5, 5.41) is 7.93. The third-order valence-corrected chi connectivity index (χ3v) is 5.38. The van der Waals surface area contributed by atoms with Crippen molar-refractivity contribution in [1.82, 2.24) is 15.3 Å². The average molecular weight is 429 g/mol. The van der Waals surface area contributed by atoms with Gasteiger partial charge >= 0.3 is 0 Å². The van der Waals surface area contributed by atoms with Crippen molar-refractivity contribution >= 4 is 22.4 Å². The molecule has 0 aliphatic rings. The van der Waals surface area contributed by atoms with E-state index < -0.39 is 0 Å². The van der Waals surface area contributed by atoms with Gasteiger partial charge in [-0.1, -0.05) is 49.4 Å². The molecule has 0 aliphatic heterocycles. The Labute approximate surface area is 188 Å². The van der Waals surface area contributed by atoms with Gasteiger partial charge in [0.15, 0.2) is 11.5 Å². The van der Waals surface area contributed by atoms with Gasteiger partial charge in [0.2, 0.25) is 0 Å². The lowest BCUT2D eigenvalue weighted by molar-refractivity contribution is 0.356. The molecule has 1 heterocycles. The van der Waals surface area contributed by atoms with Gasteiger partial charge in [0.05, 0.1) is 25.8 Å². The lowest BCUT2D eigenvalue weighted by atomic mass is 9.98. The Kier molecular flexibility index (Phi) is 6.82. The number of hydrogen-bond donors (Lipinski definition) is 2. The first-order valence-corrected chi connectivity index (χ1v) is 10.8. The lowest BCUT2D eigenvalue weighted by Crippen LogP contribution is -2.23. The third kappa shape index (κ3) is 4.65. The summed E-state index contributed by atoms with van der Waals surface area (Å²) in [4.78, 5) is 8.82. The van der Waals surface area contributed by atoms with Crippen LogP contribution in [0.4, 0.5) is 11.5 Å². The summed E-state index contributed by atoms with van der Waals surface area (Å²) >= 11 is 0. The van der Waals surface area contributed by atoms with E-state index in [0.29, 0.717) is 17.3 Å². The number of methoxy groups -OCH3 is 2. The van der Waals surface area contributed by atoms with Gasteiger partial charge in [0.25, 0.3) is 0 Å². The summed E-state index contributed by atoms with van der Waals surface area (Å²) in [7, 11) is 3.23. The van der Waals surface area contributed by atoms with Crippen LogP contribution in [0.2, 0.25) is 0 Å². The van der Waals surface area contributed by atoms with Gasteiger partial charge in [-0.3, -0.25) is 0 Å². The van der Waals surface area contributed by atoms with Crippen molar-refractivity contribution in [2.45, 2.75) is 19.4 Å². The van der Waals surface area contributed by atoms with Crippen molar-refractivity contribution in [3.63, 3.8) is 0 Å². The zero-order valence-corrected chi connectivity index (χ0v) is 18.6. The molecule has 1 aromatic heterocycles. The van der Waals surface area contributed by atoms with Crippen molar-refractivity contribution in [2.24, 2.45) is 0 Å². The molecule has 6 heteroatoms. The molecule has 0 aliphatic carbocycles. The summed E-state index contributed by atoms with van der Waals surface area (Å²) in [5.74, 6) is 1.99. The Hall–Kier alpha value is -3.64. The smallest absolute Gasteiger partial charge is 0.162 e. The summed E-state index contributed by atoms with van der Waals surface area (Å²) < 4.78 is 10.8. The summed E-state index contributed by atoms with van der Waals surface area (Å²) in [6, 6.07) is 22.9. The molecule has 164 valence electrons. The molecule has 0 spiro atoms. The second-order valence-corrected chi connectivity index (χ2v) is 7.49. The number of fused-ring (bicyclic) bond motifs is 1. The molecule has 0 unspecified atom stereocenters. The van der Waals surface area contributed by atoms with Crippen molar-refractivity contribution in [3.8, 4) is 11.5 Å². The molecule has 0 saturated carbocycles. The van der Waals surface area contributed by atoms with E-state index in [2.05, 4.69) is 76.1 Å². The van der Waals surface area contributed by atoms with Gasteiger partial charge in [-0.05, 0) is 42.3 Å². The van der Waals surface area contributed by atoms with Crippen LogP contribution in [0.25, 0.3) is 10.9 Å². The minimum atomic E-state index is 0.154. The van der Waals surface area contributed by atoms with Gasteiger partial charge < -0.3 is 20.1 Å². The Balaban J connectivity index is 1.61. The first-order valence-electron chi connectivity index (χ1n) is 10.8. The minimum Gasteiger partial charge on any atom is -0.493 e. The highest BCUT2D eigenvalue weighted by atomic mass is 16.5. The van der Waals surface area contributed by atoms with Crippen LogP contribution in [0.5, 0.6) is 11.5 Å². The molecule has 0 fully saturated rings. The number of rotatable bonds is 9. The monoisotopic (exact) mass is 428 g/mol. The molecule has 4 rings (SSSR count). The Morgan fingerprint density at radius 3 is 2.22 bits per heavy atom. The van der Waals surface area contributed by atoms with Gasteiger partial charge in [-0.15, -0.1) is 0 Å². The van der Waals surface area contributed by atoms with Gasteiger partial charge in [0.1, 0.15) is 12.1 Å². The number of aromatic nitrogens is 2. The van der Waals surface area contributed by atoms with Crippen LogP contribution in [-0.4, -0.2) is 30.7 Å². The van der Waals surface area contributed by atoms with Crippen LogP contribution in [0.1, 0.15) is 30.5 Å². The maximum atomic E-state index is 5.45. The highest BCUT2D eigenvalue weighted by Crippen LogP contribution is 2.34. The molecule has 3 aromatic carbocycles. The van der Waals surface area contributed by atoms with Crippen molar-refractivity contribution in [2.75, 3.05) is 26.1 Å². The molecule has 6 nitrogen and oxygen atoms in total. The van der Waals surface area contributed by atoms with E-state index in [-0.39, 0.29) is 6.04 Å². The van der Waals surface area contributed by atoms with Crippen LogP contribution in [0.3, 0.4) is 0 Å². The van der Waals surface area contributed by atoms with E-state index in [1.807, 2.05) is 18.2 Å². The number of nitrogens with zero attached hydrogens (tertiary/aromatic N) is 2. The molecule has 4 aromatic rings. The van der Waals surface area contributed by atoms with E-state index in [4.69, 9.17) is 9.47 Å². The number of anilines is 2. The molecule has 1 atom stereocenters. The maximum absolute atomic E-state index is 5.45. The Bertz CT molecular complexity index is 1160. The van der Waals surface area contributed by atoms with E-state index in [9.17, 15) is 0 Å². The van der Waals surface area contributed by atoms with Crippen LogP contribution < -0.4 is 20.1 Å². The minimum absolute atomic E-state index is 0.154. The average Bonchev–Trinajstić information content (AvgIpc) is 2.85. The van der Waals surface area contributed by atoms with E-state index >= 15 is 0 Å². The fourth-order valence-electron chi connectivity index (χ4n) is 3.74. The second kappa shape index (κ2) is 10.1. The number of nitrogens with one attached hydrogen (secondary N) is 2. The summed E-state index contributed by atoms with van der Waals surface area (Å²) in [6.07, 6.45) is 2.63. The van der Waals surface area contributed by atoms with Gasteiger partial charge in [0, 0.05) is 17.1 Å². The predicted molar refractivity (Wildman–Crippen MR) is 129 cm³/mol. The van der Waals surface area contributed by atoms with E-state index in [0.717, 1.165) is 29.6 Å². The Morgan fingerprint density at radius 1 is 0.844 bits per heavy atom. The maximum Gasteiger partial charge on any atom is 0.162 e. The first-order chi connectivity index (χ1) is 15.7. The molecule has 2 N–H and O–H groups in total. The molecule has 0 amide bonds. The van der Waals surface area contributed by atoms with Crippen molar-refractivity contribution in [1.29, 1.82) is 0 Å². The van der Waals surface area contributed by atoms with Crippen LogP contribution >= 0.6 is 0 Å². The third-order valence-electron chi connectivity index (χ3n) is 5.38. The largest absolute Gasteiger partial charge is 0.493 e. The predicted octanol–water partition coefficient (Wildman–Crippen LogP) is 5.48. The molecule has 0 radical (unpaired) electrons. The highest BCUT2D eigenvalue weighted by Gasteiger charge is 2.14. The summed E-state index contributed by atoms with van der Waals surface area (Å²) in [6.45, 7) is 3.14. The molecular weight excluding hydrogens is 400 g/mol. The molecule has 32 heavy (non-hydrogen) atoms. The topological polar surface area (TPSA) is 68.3 Å². The van der Waals surface area contributed by atoms with Crippen LogP contribution in [-0.2, 0) is 0 Å². The van der Waals surface area contributed by atoms with E-state index in [1.54, 1.807) is 20.5 Å². The SMILES string of the molecule is CCCN[C@@H](c1ccccc1)c1ccc(Nc2ncnc3cc(OC)c(OC)cc23)cc1. The quantitative estimate of drug-likeness (QED) is 0.368. The van der Waals surface area contributed by atoms with Gasteiger partial charge in [-0.2, -0.15) is 0 Å². The van der Waals surface area contributed by atoms with Gasteiger partial charge in [-0.25, -0.2) is 9.97 Å². The second-order valence-electron chi connectivity index (χ2n) is 7.49. The summed E-state index contributed by atoms with van der Waals surface area (Å²) in [5.41, 5.74) is 4.20.